The van der Waals surface area contributed by atoms with Crippen LogP contribution in [0.15, 0.2) is 34.7 Å². The fourth-order valence-corrected chi connectivity index (χ4v) is 2.23. The summed E-state index contributed by atoms with van der Waals surface area (Å²) in [5.41, 5.74) is 1.76. The van der Waals surface area contributed by atoms with Crippen LogP contribution in [0.5, 0.6) is 0 Å². The van der Waals surface area contributed by atoms with Gasteiger partial charge in [0, 0.05) is 5.39 Å². The number of fused-ring (bicyclic) bond motifs is 1. The Labute approximate surface area is 114 Å². The predicted octanol–water partition coefficient (Wildman–Crippen LogP) is 3.20. The van der Waals surface area contributed by atoms with Gasteiger partial charge in [0.05, 0.1) is 11.4 Å². The van der Waals surface area contributed by atoms with E-state index in [4.69, 9.17) is 9.52 Å². The molecular formula is C15H12N2O3. The molecule has 0 atom stereocenters. The van der Waals surface area contributed by atoms with Crippen LogP contribution in [0.4, 0.5) is 0 Å². The smallest absolute Gasteiger partial charge is 0.339 e. The third-order valence-corrected chi connectivity index (χ3v) is 3.13. The SMILES string of the molecule is Cc1nc(-c2cc3ccccc3o2)nc(C)c1C(=O)O. The molecule has 3 rings (SSSR count). The molecule has 0 aliphatic rings. The van der Waals surface area contributed by atoms with Crippen LogP contribution in [-0.2, 0) is 0 Å². The van der Waals surface area contributed by atoms with Gasteiger partial charge >= 0.3 is 5.97 Å². The number of rotatable bonds is 2. The fourth-order valence-electron chi connectivity index (χ4n) is 2.23. The summed E-state index contributed by atoms with van der Waals surface area (Å²) in [6.07, 6.45) is 0. The van der Waals surface area contributed by atoms with Crippen molar-refractivity contribution in [2.45, 2.75) is 13.8 Å². The number of furan rings is 1. The topological polar surface area (TPSA) is 76.2 Å². The number of carbonyl (C=O) groups is 1. The molecule has 5 heteroatoms. The van der Waals surface area contributed by atoms with Gasteiger partial charge in [0.25, 0.3) is 0 Å². The number of carboxylic acid groups (broad SMARTS) is 1. The third kappa shape index (κ3) is 1.93. The minimum atomic E-state index is -1.02. The molecule has 2 aromatic heterocycles. The monoisotopic (exact) mass is 268 g/mol. The second kappa shape index (κ2) is 4.45. The Morgan fingerprint density at radius 1 is 1.15 bits per heavy atom. The summed E-state index contributed by atoms with van der Waals surface area (Å²) in [7, 11) is 0. The van der Waals surface area contributed by atoms with Crippen molar-refractivity contribution >= 4 is 16.9 Å². The summed E-state index contributed by atoms with van der Waals surface area (Å²) in [5, 5.41) is 10.1. The van der Waals surface area contributed by atoms with Crippen LogP contribution in [0.2, 0.25) is 0 Å². The minimum Gasteiger partial charge on any atom is -0.478 e. The first-order valence-electron chi connectivity index (χ1n) is 6.14. The number of carboxylic acids is 1. The highest BCUT2D eigenvalue weighted by molar-refractivity contribution is 5.90. The first kappa shape index (κ1) is 12.3. The van der Waals surface area contributed by atoms with Gasteiger partial charge in [-0.15, -0.1) is 0 Å². The van der Waals surface area contributed by atoms with Crippen LogP contribution in [0.3, 0.4) is 0 Å². The van der Waals surface area contributed by atoms with Gasteiger partial charge in [-0.1, -0.05) is 18.2 Å². The maximum absolute atomic E-state index is 11.1. The first-order chi connectivity index (χ1) is 9.56. The van der Waals surface area contributed by atoms with E-state index in [1.807, 2.05) is 30.3 Å². The molecule has 1 aromatic carbocycles. The van der Waals surface area contributed by atoms with Gasteiger partial charge in [-0.2, -0.15) is 0 Å². The molecule has 0 bridgehead atoms. The molecule has 100 valence electrons. The summed E-state index contributed by atoms with van der Waals surface area (Å²) < 4.78 is 5.69. The molecule has 0 saturated heterocycles. The van der Waals surface area contributed by atoms with Crippen molar-refractivity contribution in [1.82, 2.24) is 9.97 Å². The van der Waals surface area contributed by atoms with Gasteiger partial charge in [0.2, 0.25) is 0 Å². The van der Waals surface area contributed by atoms with Gasteiger partial charge in [0.1, 0.15) is 11.1 Å². The van der Waals surface area contributed by atoms with Crippen molar-refractivity contribution in [3.05, 3.63) is 47.3 Å². The lowest BCUT2D eigenvalue weighted by Crippen LogP contribution is -2.08. The second-order valence-electron chi connectivity index (χ2n) is 4.55. The zero-order valence-corrected chi connectivity index (χ0v) is 11.0. The van der Waals surface area contributed by atoms with Crippen LogP contribution < -0.4 is 0 Å². The van der Waals surface area contributed by atoms with E-state index in [9.17, 15) is 4.79 Å². The van der Waals surface area contributed by atoms with Gasteiger partial charge in [-0.3, -0.25) is 0 Å². The fraction of sp³-hybridized carbons (Fsp3) is 0.133. The number of benzene rings is 1. The van der Waals surface area contributed by atoms with E-state index in [1.165, 1.54) is 0 Å². The molecule has 0 aliphatic heterocycles. The Morgan fingerprint density at radius 3 is 2.40 bits per heavy atom. The zero-order chi connectivity index (χ0) is 14.3. The Morgan fingerprint density at radius 2 is 1.80 bits per heavy atom. The molecule has 0 radical (unpaired) electrons. The molecule has 0 amide bonds. The maximum atomic E-state index is 11.1. The highest BCUT2D eigenvalue weighted by Gasteiger charge is 2.17. The van der Waals surface area contributed by atoms with Crippen LogP contribution in [-0.4, -0.2) is 21.0 Å². The average Bonchev–Trinajstić information content (AvgIpc) is 2.81. The van der Waals surface area contributed by atoms with Gasteiger partial charge in [-0.25, -0.2) is 14.8 Å². The van der Waals surface area contributed by atoms with Crippen molar-refractivity contribution in [3.63, 3.8) is 0 Å². The predicted molar refractivity (Wildman–Crippen MR) is 73.7 cm³/mol. The van der Waals surface area contributed by atoms with E-state index in [2.05, 4.69) is 9.97 Å². The number of hydrogen-bond acceptors (Lipinski definition) is 4. The first-order valence-corrected chi connectivity index (χ1v) is 6.14. The third-order valence-electron chi connectivity index (χ3n) is 3.13. The van der Waals surface area contributed by atoms with Crippen molar-refractivity contribution in [2.75, 3.05) is 0 Å². The lowest BCUT2D eigenvalue weighted by molar-refractivity contribution is 0.0694. The van der Waals surface area contributed by atoms with Crippen LogP contribution in [0.25, 0.3) is 22.6 Å². The van der Waals surface area contributed by atoms with E-state index in [1.54, 1.807) is 13.8 Å². The molecule has 1 N–H and O–H groups in total. The Hall–Kier alpha value is -2.69. The highest BCUT2D eigenvalue weighted by atomic mass is 16.4. The lowest BCUT2D eigenvalue weighted by Gasteiger charge is -2.05. The van der Waals surface area contributed by atoms with Crippen molar-refractivity contribution in [1.29, 1.82) is 0 Å². The normalized spacial score (nSPS) is 10.9. The number of aromatic nitrogens is 2. The van der Waals surface area contributed by atoms with Crippen LogP contribution in [0, 0.1) is 13.8 Å². The second-order valence-corrected chi connectivity index (χ2v) is 4.55. The number of nitrogens with zero attached hydrogens (tertiary/aromatic N) is 2. The lowest BCUT2D eigenvalue weighted by atomic mass is 10.1. The van der Waals surface area contributed by atoms with Crippen LogP contribution in [0.1, 0.15) is 21.7 Å². The van der Waals surface area contributed by atoms with Gasteiger partial charge in [0.15, 0.2) is 11.6 Å². The molecule has 0 spiro atoms. The molecule has 0 saturated carbocycles. The van der Waals surface area contributed by atoms with E-state index in [0.717, 1.165) is 11.0 Å². The largest absolute Gasteiger partial charge is 0.478 e. The number of para-hydroxylation sites is 1. The molecular weight excluding hydrogens is 256 g/mol. The summed E-state index contributed by atoms with van der Waals surface area (Å²) in [6.45, 7) is 3.31. The Kier molecular flexibility index (Phi) is 2.75. The zero-order valence-electron chi connectivity index (χ0n) is 11.0. The molecule has 2 heterocycles. The number of aryl methyl sites for hydroxylation is 2. The Balaban J connectivity index is 2.17. The van der Waals surface area contributed by atoms with Crippen LogP contribution >= 0.6 is 0 Å². The number of aromatic carboxylic acids is 1. The molecule has 0 unspecified atom stereocenters. The average molecular weight is 268 g/mol. The standard InChI is InChI=1S/C15H12N2O3/c1-8-13(15(18)19)9(2)17-14(16-8)12-7-10-5-3-4-6-11(10)20-12/h3-7H,1-2H3,(H,18,19). The number of hydrogen-bond donors (Lipinski definition) is 1. The molecule has 0 fully saturated rings. The van der Waals surface area contributed by atoms with Crippen molar-refractivity contribution < 1.29 is 14.3 Å². The molecule has 3 aromatic rings. The van der Waals surface area contributed by atoms with E-state index in [0.29, 0.717) is 23.0 Å². The molecule has 20 heavy (non-hydrogen) atoms. The molecule has 0 aliphatic carbocycles. The quantitative estimate of drug-likeness (QED) is 0.772. The van der Waals surface area contributed by atoms with Crippen molar-refractivity contribution in [2.24, 2.45) is 0 Å². The van der Waals surface area contributed by atoms with E-state index >= 15 is 0 Å². The highest BCUT2D eigenvalue weighted by Crippen LogP contribution is 2.26. The summed E-state index contributed by atoms with van der Waals surface area (Å²) in [6, 6.07) is 9.47. The Bertz CT molecular complexity index is 765. The van der Waals surface area contributed by atoms with E-state index < -0.39 is 5.97 Å². The summed E-state index contributed by atoms with van der Waals surface area (Å²) in [5.74, 6) is -0.0771. The minimum absolute atomic E-state index is 0.143. The van der Waals surface area contributed by atoms with Crippen molar-refractivity contribution in [3.8, 4) is 11.6 Å². The molecule has 5 nitrogen and oxygen atoms in total. The summed E-state index contributed by atoms with van der Waals surface area (Å²) >= 11 is 0. The van der Waals surface area contributed by atoms with Gasteiger partial charge < -0.3 is 9.52 Å². The summed E-state index contributed by atoms with van der Waals surface area (Å²) in [4.78, 5) is 19.6. The van der Waals surface area contributed by atoms with E-state index in [-0.39, 0.29) is 5.56 Å². The van der Waals surface area contributed by atoms with Gasteiger partial charge in [-0.05, 0) is 26.0 Å². The maximum Gasteiger partial charge on any atom is 0.339 e.